The summed E-state index contributed by atoms with van der Waals surface area (Å²) in [6, 6.07) is 7.58. The molecule has 6 nitrogen and oxygen atoms in total. The number of anilines is 1. The molecule has 4 N–H and O–H groups in total. The first-order valence-electron chi connectivity index (χ1n) is 9.17. The number of aromatic nitrogens is 3. The number of hydrogen-bond acceptors (Lipinski definition) is 4. The van der Waals surface area contributed by atoms with Crippen LogP contribution in [0.15, 0.2) is 24.3 Å². The number of carbonyl (C=O) groups excluding carboxylic acids is 1. The fourth-order valence-corrected chi connectivity index (χ4v) is 3.59. The number of carbonyl (C=O) groups is 1. The molecule has 1 aromatic heterocycles. The van der Waals surface area contributed by atoms with Gasteiger partial charge >= 0.3 is 0 Å². The number of rotatable bonds is 6. The van der Waals surface area contributed by atoms with Crippen LogP contribution in [0.25, 0.3) is 11.4 Å². The number of nitrogens with zero attached hydrogens (tertiary/aromatic N) is 2. The normalized spacial score (nSPS) is 16.6. The summed E-state index contributed by atoms with van der Waals surface area (Å²) in [7, 11) is 0. The van der Waals surface area contributed by atoms with Crippen LogP contribution in [0.3, 0.4) is 0 Å². The number of aromatic amines is 1. The molecular formula is C19H27N5O. The maximum Gasteiger partial charge on any atom is 0.224 e. The Morgan fingerprint density at radius 3 is 2.64 bits per heavy atom. The van der Waals surface area contributed by atoms with Crippen molar-refractivity contribution in [1.29, 1.82) is 0 Å². The minimum absolute atomic E-state index is 0.0918. The Labute approximate surface area is 148 Å². The van der Waals surface area contributed by atoms with Crippen molar-refractivity contribution in [3.8, 4) is 11.4 Å². The van der Waals surface area contributed by atoms with Crippen molar-refractivity contribution in [3.63, 3.8) is 0 Å². The van der Waals surface area contributed by atoms with E-state index in [9.17, 15) is 4.79 Å². The standard InChI is InChI=1S/C19H27N5O/c1-13(14-5-3-2-4-6-14)11-18(25)21-16-9-7-15(8-10-16)19-22-17(12-20)23-24-19/h7-10,13-14H,2-6,11-12,20H2,1H3,(H,21,25)(H,22,23,24). The summed E-state index contributed by atoms with van der Waals surface area (Å²) in [4.78, 5) is 16.6. The predicted molar refractivity (Wildman–Crippen MR) is 98.7 cm³/mol. The predicted octanol–water partition coefficient (Wildman–Crippen LogP) is 3.48. The highest BCUT2D eigenvalue weighted by atomic mass is 16.1. The van der Waals surface area contributed by atoms with Crippen LogP contribution < -0.4 is 11.1 Å². The molecule has 0 aliphatic heterocycles. The molecule has 0 spiro atoms. The second kappa shape index (κ2) is 8.25. The van der Waals surface area contributed by atoms with E-state index < -0.39 is 0 Å². The van der Waals surface area contributed by atoms with Crippen molar-refractivity contribution in [2.75, 3.05) is 5.32 Å². The highest BCUT2D eigenvalue weighted by Crippen LogP contribution is 2.31. The molecule has 1 unspecified atom stereocenters. The van der Waals surface area contributed by atoms with Crippen LogP contribution in [-0.2, 0) is 11.3 Å². The van der Waals surface area contributed by atoms with Gasteiger partial charge in [0.05, 0.1) is 6.54 Å². The molecule has 1 fully saturated rings. The molecule has 0 saturated heterocycles. The molecule has 1 aliphatic carbocycles. The second-order valence-electron chi connectivity index (χ2n) is 7.01. The quantitative estimate of drug-likeness (QED) is 0.749. The van der Waals surface area contributed by atoms with Crippen LogP contribution in [0.5, 0.6) is 0 Å². The molecule has 1 aromatic carbocycles. The minimum atomic E-state index is 0.0918. The summed E-state index contributed by atoms with van der Waals surface area (Å²) in [6.07, 6.45) is 7.10. The van der Waals surface area contributed by atoms with Gasteiger partial charge in [0.2, 0.25) is 5.91 Å². The molecule has 1 aliphatic rings. The van der Waals surface area contributed by atoms with E-state index in [1.807, 2.05) is 24.3 Å². The van der Waals surface area contributed by atoms with Gasteiger partial charge in [-0.1, -0.05) is 39.0 Å². The van der Waals surface area contributed by atoms with Crippen molar-refractivity contribution < 1.29 is 4.79 Å². The zero-order chi connectivity index (χ0) is 17.6. The van der Waals surface area contributed by atoms with Crippen LogP contribution in [0.4, 0.5) is 5.69 Å². The SMILES string of the molecule is CC(CC(=O)Nc1ccc(-c2n[nH]c(CN)n2)cc1)C1CCCCC1. The Hall–Kier alpha value is -2.21. The van der Waals surface area contributed by atoms with Crippen molar-refractivity contribution in [2.45, 2.75) is 52.0 Å². The number of amides is 1. The smallest absolute Gasteiger partial charge is 0.224 e. The fraction of sp³-hybridized carbons (Fsp3) is 0.526. The number of benzene rings is 1. The number of nitrogens with two attached hydrogens (primary N) is 1. The van der Waals surface area contributed by atoms with E-state index in [0.29, 0.717) is 36.5 Å². The van der Waals surface area contributed by atoms with Gasteiger partial charge in [0, 0.05) is 17.7 Å². The summed E-state index contributed by atoms with van der Waals surface area (Å²) < 4.78 is 0. The zero-order valence-electron chi connectivity index (χ0n) is 14.8. The van der Waals surface area contributed by atoms with Gasteiger partial charge in [0.15, 0.2) is 5.82 Å². The molecule has 25 heavy (non-hydrogen) atoms. The molecule has 0 bridgehead atoms. The van der Waals surface area contributed by atoms with E-state index in [0.717, 1.165) is 11.3 Å². The molecule has 2 aromatic rings. The molecule has 1 heterocycles. The first kappa shape index (κ1) is 17.6. The van der Waals surface area contributed by atoms with Gasteiger partial charge in [-0.3, -0.25) is 9.89 Å². The Kier molecular flexibility index (Phi) is 5.81. The van der Waals surface area contributed by atoms with E-state index in [1.165, 1.54) is 32.1 Å². The summed E-state index contributed by atoms with van der Waals surface area (Å²) in [6.45, 7) is 2.54. The maximum absolute atomic E-state index is 12.3. The van der Waals surface area contributed by atoms with Crippen LogP contribution in [-0.4, -0.2) is 21.1 Å². The first-order valence-corrected chi connectivity index (χ1v) is 9.17. The second-order valence-corrected chi connectivity index (χ2v) is 7.01. The van der Waals surface area contributed by atoms with Crippen molar-refractivity contribution >= 4 is 11.6 Å². The average molecular weight is 341 g/mol. The lowest BCUT2D eigenvalue weighted by Gasteiger charge is -2.27. The topological polar surface area (TPSA) is 96.7 Å². The number of H-pyrrole nitrogens is 1. The maximum atomic E-state index is 12.3. The lowest BCUT2D eigenvalue weighted by atomic mass is 9.79. The largest absolute Gasteiger partial charge is 0.326 e. The molecule has 134 valence electrons. The van der Waals surface area contributed by atoms with Crippen LogP contribution in [0, 0.1) is 11.8 Å². The van der Waals surface area contributed by atoms with Crippen LogP contribution in [0.1, 0.15) is 51.3 Å². The van der Waals surface area contributed by atoms with Crippen molar-refractivity contribution in [3.05, 3.63) is 30.1 Å². The van der Waals surface area contributed by atoms with Gasteiger partial charge < -0.3 is 11.1 Å². The Bertz CT molecular complexity index is 688. The van der Waals surface area contributed by atoms with E-state index in [-0.39, 0.29) is 5.91 Å². The third-order valence-electron chi connectivity index (χ3n) is 5.11. The number of nitrogens with one attached hydrogen (secondary N) is 2. The van der Waals surface area contributed by atoms with E-state index in [1.54, 1.807) is 0 Å². The molecular weight excluding hydrogens is 314 g/mol. The number of hydrogen-bond donors (Lipinski definition) is 3. The fourth-order valence-electron chi connectivity index (χ4n) is 3.59. The average Bonchev–Trinajstić information content (AvgIpc) is 3.12. The van der Waals surface area contributed by atoms with Gasteiger partial charge in [-0.2, -0.15) is 5.10 Å². The van der Waals surface area contributed by atoms with E-state index >= 15 is 0 Å². The lowest BCUT2D eigenvalue weighted by molar-refractivity contribution is -0.117. The third kappa shape index (κ3) is 4.66. The van der Waals surface area contributed by atoms with E-state index in [4.69, 9.17) is 5.73 Å². The molecule has 1 saturated carbocycles. The highest BCUT2D eigenvalue weighted by molar-refractivity contribution is 5.91. The molecule has 1 amide bonds. The highest BCUT2D eigenvalue weighted by Gasteiger charge is 2.22. The zero-order valence-corrected chi connectivity index (χ0v) is 14.8. The minimum Gasteiger partial charge on any atom is -0.326 e. The Morgan fingerprint density at radius 1 is 1.28 bits per heavy atom. The molecule has 0 radical (unpaired) electrons. The molecule has 6 heteroatoms. The van der Waals surface area contributed by atoms with E-state index in [2.05, 4.69) is 27.4 Å². The van der Waals surface area contributed by atoms with Crippen LogP contribution in [0.2, 0.25) is 0 Å². The first-order chi connectivity index (χ1) is 12.2. The summed E-state index contributed by atoms with van der Waals surface area (Å²) in [5.41, 5.74) is 7.23. The van der Waals surface area contributed by atoms with Gasteiger partial charge in [0.1, 0.15) is 5.82 Å². The van der Waals surface area contributed by atoms with Crippen LogP contribution >= 0.6 is 0 Å². The third-order valence-corrected chi connectivity index (χ3v) is 5.11. The van der Waals surface area contributed by atoms with Crippen molar-refractivity contribution in [1.82, 2.24) is 15.2 Å². The van der Waals surface area contributed by atoms with Gasteiger partial charge in [0.25, 0.3) is 0 Å². The monoisotopic (exact) mass is 341 g/mol. The van der Waals surface area contributed by atoms with Crippen molar-refractivity contribution in [2.24, 2.45) is 17.6 Å². The Morgan fingerprint density at radius 2 is 2.00 bits per heavy atom. The summed E-state index contributed by atoms with van der Waals surface area (Å²) >= 11 is 0. The van der Waals surface area contributed by atoms with Gasteiger partial charge in [-0.15, -0.1) is 0 Å². The van der Waals surface area contributed by atoms with Gasteiger partial charge in [-0.05, 0) is 36.1 Å². The summed E-state index contributed by atoms with van der Waals surface area (Å²) in [5.74, 6) is 2.51. The molecule has 1 atom stereocenters. The Balaban J connectivity index is 1.54. The lowest BCUT2D eigenvalue weighted by Crippen LogP contribution is -2.22. The molecule has 3 rings (SSSR count). The summed E-state index contributed by atoms with van der Waals surface area (Å²) in [5, 5.41) is 9.93. The van der Waals surface area contributed by atoms with Gasteiger partial charge in [-0.25, -0.2) is 4.98 Å².